The van der Waals surface area contributed by atoms with Crippen molar-refractivity contribution in [2.24, 2.45) is 0 Å². The Morgan fingerprint density at radius 2 is 2.25 bits per heavy atom. The zero-order valence-electron chi connectivity index (χ0n) is 10.6. The van der Waals surface area contributed by atoms with Gasteiger partial charge in [0.1, 0.15) is 5.82 Å². The highest BCUT2D eigenvalue weighted by Gasteiger charge is 2.05. The van der Waals surface area contributed by atoms with Crippen molar-refractivity contribution in [1.82, 2.24) is 14.9 Å². The lowest BCUT2D eigenvalue weighted by Crippen LogP contribution is -2.16. The Labute approximate surface area is 98.0 Å². The van der Waals surface area contributed by atoms with Gasteiger partial charge in [0.15, 0.2) is 0 Å². The summed E-state index contributed by atoms with van der Waals surface area (Å²) in [4.78, 5) is 4.35. The molecule has 4 heteroatoms. The third-order valence-electron chi connectivity index (χ3n) is 2.57. The number of aryl methyl sites for hydroxylation is 1. The predicted octanol–water partition coefficient (Wildman–Crippen LogP) is 1.73. The summed E-state index contributed by atoms with van der Waals surface area (Å²) < 4.78 is 7.61. The number of hydrogen-bond acceptors (Lipinski definition) is 3. The third-order valence-corrected chi connectivity index (χ3v) is 2.57. The molecule has 1 aromatic heterocycles. The molecule has 1 aromatic rings. The molecule has 0 saturated heterocycles. The Bertz CT molecular complexity index is 296. The van der Waals surface area contributed by atoms with Crippen LogP contribution in [0.5, 0.6) is 0 Å². The second kappa shape index (κ2) is 7.41. The normalized spacial score (nSPS) is 10.9. The zero-order valence-corrected chi connectivity index (χ0v) is 10.6. The van der Waals surface area contributed by atoms with Gasteiger partial charge < -0.3 is 14.6 Å². The summed E-state index contributed by atoms with van der Waals surface area (Å²) in [7, 11) is 0. The highest BCUT2D eigenvalue weighted by molar-refractivity contribution is 5.04. The van der Waals surface area contributed by atoms with E-state index in [1.54, 1.807) is 0 Å². The lowest BCUT2D eigenvalue weighted by atomic mass is 10.4. The van der Waals surface area contributed by atoms with Crippen molar-refractivity contribution < 1.29 is 4.74 Å². The maximum absolute atomic E-state index is 5.34. The number of nitrogens with zero attached hydrogens (tertiary/aromatic N) is 2. The Morgan fingerprint density at radius 3 is 2.94 bits per heavy atom. The van der Waals surface area contributed by atoms with E-state index in [0.29, 0.717) is 0 Å². The molecule has 0 amide bonds. The van der Waals surface area contributed by atoms with Gasteiger partial charge in [-0.3, -0.25) is 0 Å². The molecule has 1 heterocycles. The topological polar surface area (TPSA) is 39.1 Å². The summed E-state index contributed by atoms with van der Waals surface area (Å²) in [6, 6.07) is 0. The molecule has 1 rings (SSSR count). The largest absolute Gasteiger partial charge is 0.382 e. The van der Waals surface area contributed by atoms with Crippen LogP contribution in [-0.2, 0) is 17.8 Å². The molecule has 0 saturated carbocycles. The van der Waals surface area contributed by atoms with Crippen LogP contribution >= 0.6 is 0 Å². The van der Waals surface area contributed by atoms with Gasteiger partial charge in [-0.2, -0.15) is 0 Å². The van der Waals surface area contributed by atoms with Gasteiger partial charge in [0.05, 0.1) is 5.69 Å². The number of ether oxygens (including phenoxy) is 1. The minimum Gasteiger partial charge on any atom is -0.382 e. The van der Waals surface area contributed by atoms with Crippen LogP contribution in [0.25, 0.3) is 0 Å². The van der Waals surface area contributed by atoms with Crippen molar-refractivity contribution in [3.05, 3.63) is 17.7 Å². The van der Waals surface area contributed by atoms with Gasteiger partial charge in [-0.25, -0.2) is 4.98 Å². The number of imidazole rings is 1. The van der Waals surface area contributed by atoms with Gasteiger partial charge >= 0.3 is 0 Å². The molecular weight excluding hydrogens is 202 g/mol. The fourth-order valence-corrected chi connectivity index (χ4v) is 1.68. The van der Waals surface area contributed by atoms with Crippen molar-refractivity contribution in [2.45, 2.75) is 40.3 Å². The van der Waals surface area contributed by atoms with Gasteiger partial charge in [0.25, 0.3) is 0 Å². The molecule has 4 nitrogen and oxygen atoms in total. The van der Waals surface area contributed by atoms with Gasteiger partial charge in [-0.05, 0) is 26.8 Å². The summed E-state index contributed by atoms with van der Waals surface area (Å²) in [6.07, 6.45) is 3.00. The van der Waals surface area contributed by atoms with Crippen molar-refractivity contribution in [3.8, 4) is 0 Å². The Balaban J connectivity index is 2.45. The lowest BCUT2D eigenvalue weighted by Gasteiger charge is -2.10. The standard InChI is InChI=1S/C12H23N3O/c1-4-13-9-12-10-14-11(3)15(12)7-6-8-16-5-2/h10,13H,4-9H2,1-3H3. The molecule has 0 aliphatic heterocycles. The molecule has 1 N–H and O–H groups in total. The fourth-order valence-electron chi connectivity index (χ4n) is 1.68. The molecule has 92 valence electrons. The molecule has 0 spiro atoms. The quantitative estimate of drug-likeness (QED) is 0.685. The molecule has 16 heavy (non-hydrogen) atoms. The molecule has 0 aliphatic rings. The lowest BCUT2D eigenvalue weighted by molar-refractivity contribution is 0.141. The van der Waals surface area contributed by atoms with E-state index >= 15 is 0 Å². The molecule has 0 radical (unpaired) electrons. The second-order valence-electron chi connectivity index (χ2n) is 3.78. The van der Waals surface area contributed by atoms with Gasteiger partial charge in [0, 0.05) is 32.5 Å². The molecule has 0 atom stereocenters. The Morgan fingerprint density at radius 1 is 1.44 bits per heavy atom. The van der Waals surface area contributed by atoms with Crippen LogP contribution in [0.15, 0.2) is 6.20 Å². The number of rotatable bonds is 8. The minimum atomic E-state index is 0.799. The maximum Gasteiger partial charge on any atom is 0.105 e. The van der Waals surface area contributed by atoms with E-state index in [2.05, 4.69) is 28.7 Å². The van der Waals surface area contributed by atoms with Crippen LogP contribution in [0, 0.1) is 6.92 Å². The van der Waals surface area contributed by atoms with Crippen molar-refractivity contribution in [1.29, 1.82) is 0 Å². The molecule has 0 aromatic carbocycles. The van der Waals surface area contributed by atoms with Gasteiger partial charge in [-0.15, -0.1) is 0 Å². The van der Waals surface area contributed by atoms with Crippen LogP contribution in [-0.4, -0.2) is 29.3 Å². The van der Waals surface area contributed by atoms with E-state index in [1.165, 1.54) is 5.69 Å². The van der Waals surface area contributed by atoms with Crippen molar-refractivity contribution in [3.63, 3.8) is 0 Å². The van der Waals surface area contributed by atoms with E-state index in [4.69, 9.17) is 4.74 Å². The monoisotopic (exact) mass is 225 g/mol. The van der Waals surface area contributed by atoms with E-state index in [-0.39, 0.29) is 0 Å². The first kappa shape index (κ1) is 13.2. The van der Waals surface area contributed by atoms with Gasteiger partial charge in [-0.1, -0.05) is 6.92 Å². The molecule has 0 fully saturated rings. The predicted molar refractivity (Wildman–Crippen MR) is 65.5 cm³/mol. The molecule has 0 bridgehead atoms. The highest BCUT2D eigenvalue weighted by Crippen LogP contribution is 2.06. The summed E-state index contributed by atoms with van der Waals surface area (Å²) >= 11 is 0. The van der Waals surface area contributed by atoms with Gasteiger partial charge in [0.2, 0.25) is 0 Å². The smallest absolute Gasteiger partial charge is 0.105 e. The molecular formula is C12H23N3O. The SMILES string of the molecule is CCNCc1cnc(C)n1CCCOCC. The van der Waals surface area contributed by atoms with E-state index < -0.39 is 0 Å². The average molecular weight is 225 g/mol. The third kappa shape index (κ3) is 3.94. The van der Waals surface area contributed by atoms with Crippen molar-refractivity contribution >= 4 is 0 Å². The number of hydrogen-bond donors (Lipinski definition) is 1. The van der Waals surface area contributed by atoms with Crippen LogP contribution in [0.3, 0.4) is 0 Å². The fraction of sp³-hybridized carbons (Fsp3) is 0.750. The summed E-state index contributed by atoms with van der Waals surface area (Å²) in [6.45, 7) is 10.7. The van der Waals surface area contributed by atoms with Crippen LogP contribution in [0.1, 0.15) is 31.8 Å². The van der Waals surface area contributed by atoms with E-state index in [0.717, 1.165) is 45.1 Å². The highest BCUT2D eigenvalue weighted by atomic mass is 16.5. The number of aromatic nitrogens is 2. The Hall–Kier alpha value is -0.870. The molecule has 0 unspecified atom stereocenters. The second-order valence-corrected chi connectivity index (χ2v) is 3.78. The first-order valence-electron chi connectivity index (χ1n) is 6.09. The van der Waals surface area contributed by atoms with Crippen LogP contribution in [0.4, 0.5) is 0 Å². The Kier molecular flexibility index (Phi) is 6.11. The van der Waals surface area contributed by atoms with Crippen LogP contribution < -0.4 is 5.32 Å². The summed E-state index contributed by atoms with van der Waals surface area (Å²) in [5.41, 5.74) is 1.26. The molecule has 0 aliphatic carbocycles. The summed E-state index contributed by atoms with van der Waals surface area (Å²) in [5, 5.41) is 3.33. The van der Waals surface area contributed by atoms with Crippen molar-refractivity contribution in [2.75, 3.05) is 19.8 Å². The van der Waals surface area contributed by atoms with Crippen LogP contribution in [0.2, 0.25) is 0 Å². The maximum atomic E-state index is 5.34. The number of nitrogens with one attached hydrogen (secondary N) is 1. The summed E-state index contributed by atoms with van der Waals surface area (Å²) in [5.74, 6) is 1.09. The average Bonchev–Trinajstić information content (AvgIpc) is 2.63. The van der Waals surface area contributed by atoms with E-state index in [1.807, 2.05) is 13.1 Å². The first-order valence-corrected chi connectivity index (χ1v) is 6.09. The van der Waals surface area contributed by atoms with E-state index in [9.17, 15) is 0 Å². The first-order chi connectivity index (χ1) is 7.79. The minimum absolute atomic E-state index is 0.799. The zero-order chi connectivity index (χ0) is 11.8.